The van der Waals surface area contributed by atoms with Crippen LogP contribution in [0.25, 0.3) is 16.9 Å². The number of pyridine rings is 1. The van der Waals surface area contributed by atoms with Crippen LogP contribution in [0.15, 0.2) is 42.5 Å². The van der Waals surface area contributed by atoms with E-state index in [1.807, 2.05) is 0 Å². The molecule has 3 nitrogen and oxygen atoms in total. The number of anilines is 1. The van der Waals surface area contributed by atoms with Crippen molar-refractivity contribution in [3.63, 3.8) is 0 Å². The van der Waals surface area contributed by atoms with Crippen molar-refractivity contribution in [2.75, 3.05) is 5.32 Å². The van der Waals surface area contributed by atoms with E-state index in [1.165, 1.54) is 24.3 Å². The van der Waals surface area contributed by atoms with Crippen LogP contribution >= 0.6 is 0 Å². The molecule has 1 aliphatic rings. The van der Waals surface area contributed by atoms with E-state index in [1.54, 1.807) is 12.1 Å². The molecule has 2 heterocycles. The molecule has 142 valence electrons. The highest BCUT2D eigenvalue weighted by Gasteiger charge is 2.35. The zero-order valence-corrected chi connectivity index (χ0v) is 14.6. The van der Waals surface area contributed by atoms with E-state index in [4.69, 9.17) is 0 Å². The largest absolute Gasteiger partial charge is 0.431 e. The summed E-state index contributed by atoms with van der Waals surface area (Å²) in [6.07, 6.45) is 0.371. The summed E-state index contributed by atoms with van der Waals surface area (Å²) < 4.78 is 56.3. The van der Waals surface area contributed by atoms with E-state index in [2.05, 4.69) is 10.3 Å². The van der Waals surface area contributed by atoms with Crippen LogP contribution in [0.2, 0.25) is 0 Å². The molecule has 1 saturated carbocycles. The number of aromatic nitrogens is 2. The van der Waals surface area contributed by atoms with Crippen molar-refractivity contribution in [3.05, 3.63) is 54.0 Å². The van der Waals surface area contributed by atoms with Crippen LogP contribution < -0.4 is 5.32 Å². The minimum absolute atomic E-state index is 0.0467. The maximum absolute atomic E-state index is 14.4. The molecule has 3 aromatic rings. The number of imidazole rings is 1. The van der Waals surface area contributed by atoms with Crippen LogP contribution in [0.4, 0.5) is 23.4 Å². The summed E-state index contributed by atoms with van der Waals surface area (Å²) in [6.45, 7) is 0. The lowest BCUT2D eigenvalue weighted by molar-refractivity contribution is -0.141. The van der Waals surface area contributed by atoms with Crippen molar-refractivity contribution in [2.45, 2.75) is 44.3 Å². The molecule has 1 aliphatic carbocycles. The highest BCUT2D eigenvalue weighted by molar-refractivity contribution is 5.77. The van der Waals surface area contributed by atoms with Gasteiger partial charge in [-0.25, -0.2) is 9.37 Å². The van der Waals surface area contributed by atoms with Gasteiger partial charge in [-0.15, -0.1) is 0 Å². The molecule has 0 spiro atoms. The lowest BCUT2D eigenvalue weighted by atomic mass is 9.95. The van der Waals surface area contributed by atoms with Gasteiger partial charge >= 0.3 is 6.18 Å². The monoisotopic (exact) mass is 377 g/mol. The molecule has 1 fully saturated rings. The Morgan fingerprint density at radius 3 is 2.41 bits per heavy atom. The lowest BCUT2D eigenvalue weighted by Crippen LogP contribution is -2.24. The summed E-state index contributed by atoms with van der Waals surface area (Å²) in [5.41, 5.74) is -0.294. The molecule has 2 aromatic heterocycles. The third kappa shape index (κ3) is 3.38. The Labute approximate surface area is 154 Å². The van der Waals surface area contributed by atoms with Gasteiger partial charge < -0.3 is 5.32 Å². The Hall–Kier alpha value is -2.57. The van der Waals surface area contributed by atoms with Crippen molar-refractivity contribution in [1.82, 2.24) is 9.38 Å². The Kier molecular flexibility index (Phi) is 4.53. The van der Waals surface area contributed by atoms with Gasteiger partial charge in [0.2, 0.25) is 0 Å². The normalized spacial score (nSPS) is 16.0. The fourth-order valence-electron chi connectivity index (χ4n) is 3.73. The minimum atomic E-state index is -4.55. The second kappa shape index (κ2) is 6.87. The summed E-state index contributed by atoms with van der Waals surface area (Å²) >= 11 is 0. The van der Waals surface area contributed by atoms with Crippen molar-refractivity contribution in [1.29, 1.82) is 0 Å². The Balaban J connectivity index is 1.94. The first-order chi connectivity index (χ1) is 12.9. The number of rotatable bonds is 3. The first-order valence-electron chi connectivity index (χ1n) is 9.05. The van der Waals surface area contributed by atoms with Crippen LogP contribution in [-0.4, -0.2) is 15.4 Å². The van der Waals surface area contributed by atoms with Gasteiger partial charge in [0.25, 0.3) is 0 Å². The van der Waals surface area contributed by atoms with Gasteiger partial charge in [0.05, 0.1) is 0 Å². The number of benzene rings is 1. The molecule has 4 rings (SSSR count). The van der Waals surface area contributed by atoms with E-state index in [0.717, 1.165) is 42.6 Å². The van der Waals surface area contributed by atoms with Gasteiger partial charge in [0.15, 0.2) is 0 Å². The number of alkyl halides is 3. The summed E-state index contributed by atoms with van der Waals surface area (Å²) in [5.74, 6) is -0.309. The molecular weight excluding hydrogens is 358 g/mol. The molecular formula is C20H19F4N3. The van der Waals surface area contributed by atoms with Crippen molar-refractivity contribution in [3.8, 4) is 11.3 Å². The smallest absolute Gasteiger partial charge is 0.367 e. The van der Waals surface area contributed by atoms with Crippen LogP contribution in [0.1, 0.15) is 37.8 Å². The minimum Gasteiger partial charge on any atom is -0.367 e. The van der Waals surface area contributed by atoms with Crippen LogP contribution in [0.5, 0.6) is 0 Å². The van der Waals surface area contributed by atoms with E-state index < -0.39 is 17.7 Å². The summed E-state index contributed by atoms with van der Waals surface area (Å²) in [6, 6.07) is 9.91. The van der Waals surface area contributed by atoms with E-state index in [9.17, 15) is 17.6 Å². The van der Waals surface area contributed by atoms with Crippen molar-refractivity contribution >= 4 is 11.5 Å². The Bertz CT molecular complexity index is 956. The van der Waals surface area contributed by atoms with Gasteiger partial charge in [-0.3, -0.25) is 4.40 Å². The maximum atomic E-state index is 14.4. The highest BCUT2D eigenvalue weighted by atomic mass is 19.4. The SMILES string of the molecule is Fc1ccccc1-c1nc2cccc(C(F)(F)F)n2c1NC1CCCCC1. The molecule has 0 amide bonds. The number of halogens is 4. The highest BCUT2D eigenvalue weighted by Crippen LogP contribution is 2.37. The molecule has 7 heteroatoms. The third-order valence-corrected chi connectivity index (χ3v) is 5.01. The van der Waals surface area contributed by atoms with Crippen molar-refractivity contribution < 1.29 is 17.6 Å². The molecule has 27 heavy (non-hydrogen) atoms. The molecule has 0 radical (unpaired) electrons. The Morgan fingerprint density at radius 1 is 0.963 bits per heavy atom. The third-order valence-electron chi connectivity index (χ3n) is 5.01. The number of fused-ring (bicyclic) bond motifs is 1. The average Bonchev–Trinajstić information content (AvgIpc) is 3.00. The van der Waals surface area contributed by atoms with Crippen LogP contribution in [-0.2, 0) is 6.18 Å². The van der Waals surface area contributed by atoms with Gasteiger partial charge in [-0.1, -0.05) is 37.5 Å². The second-order valence-corrected chi connectivity index (χ2v) is 6.87. The number of nitrogens with zero attached hydrogens (tertiary/aromatic N) is 2. The predicted molar refractivity (Wildman–Crippen MR) is 96.1 cm³/mol. The van der Waals surface area contributed by atoms with E-state index in [0.29, 0.717) is 0 Å². The van der Waals surface area contributed by atoms with E-state index >= 15 is 0 Å². The number of nitrogens with one attached hydrogen (secondary N) is 1. The fraction of sp³-hybridized carbons (Fsp3) is 0.350. The first-order valence-corrected chi connectivity index (χ1v) is 9.05. The van der Waals surface area contributed by atoms with Crippen LogP contribution in [0.3, 0.4) is 0 Å². The first kappa shape index (κ1) is 17.8. The average molecular weight is 377 g/mol. The predicted octanol–water partition coefficient (Wildman–Crippen LogP) is 5.90. The molecule has 0 saturated heterocycles. The molecule has 0 aliphatic heterocycles. The molecule has 0 bridgehead atoms. The van der Waals surface area contributed by atoms with Gasteiger partial charge in [0.1, 0.15) is 28.7 Å². The van der Waals surface area contributed by atoms with Crippen LogP contribution in [0, 0.1) is 5.82 Å². The molecule has 0 unspecified atom stereocenters. The molecule has 1 aromatic carbocycles. The lowest BCUT2D eigenvalue weighted by Gasteiger charge is -2.25. The maximum Gasteiger partial charge on any atom is 0.431 e. The Morgan fingerprint density at radius 2 is 1.70 bits per heavy atom. The number of hydrogen-bond acceptors (Lipinski definition) is 2. The van der Waals surface area contributed by atoms with Gasteiger partial charge in [-0.05, 0) is 37.1 Å². The summed E-state index contributed by atoms with van der Waals surface area (Å²) in [7, 11) is 0. The zero-order valence-electron chi connectivity index (χ0n) is 14.6. The second-order valence-electron chi connectivity index (χ2n) is 6.87. The van der Waals surface area contributed by atoms with E-state index in [-0.39, 0.29) is 28.8 Å². The molecule has 0 atom stereocenters. The topological polar surface area (TPSA) is 29.3 Å². The van der Waals surface area contributed by atoms with Gasteiger partial charge in [0, 0.05) is 11.6 Å². The standard InChI is InChI=1S/C20H19F4N3/c21-15-10-5-4-9-14(15)18-19(25-13-7-2-1-3-8-13)27-16(20(22,23)24)11-6-12-17(27)26-18/h4-6,9-13,25H,1-3,7-8H2. The zero-order chi connectivity index (χ0) is 19.0. The number of hydrogen-bond donors (Lipinski definition) is 1. The van der Waals surface area contributed by atoms with Gasteiger partial charge in [-0.2, -0.15) is 13.2 Å². The summed E-state index contributed by atoms with van der Waals surface area (Å²) in [4.78, 5) is 4.34. The fourth-order valence-corrected chi connectivity index (χ4v) is 3.73. The summed E-state index contributed by atoms with van der Waals surface area (Å²) in [5, 5.41) is 3.24. The van der Waals surface area contributed by atoms with Crippen molar-refractivity contribution in [2.24, 2.45) is 0 Å². The quantitative estimate of drug-likeness (QED) is 0.576. The molecule has 1 N–H and O–H groups in total.